The van der Waals surface area contributed by atoms with E-state index in [1.54, 1.807) is 0 Å². The minimum Gasteiger partial charge on any atom is -0.580 e. The Balaban J connectivity index is 3.17. The van der Waals surface area contributed by atoms with E-state index in [1.807, 2.05) is 0 Å². The van der Waals surface area contributed by atoms with Gasteiger partial charge in [-0.25, -0.2) is 8.78 Å². The van der Waals surface area contributed by atoms with Crippen LogP contribution in [0.5, 0.6) is 0 Å². The normalized spacial score (nSPS) is 9.67. The molecular weight excluding hydrogens is 121 g/mol. The number of hydrogen-bond donors (Lipinski definition) is 0. The lowest BCUT2D eigenvalue weighted by Crippen LogP contribution is -2.03. The minimum atomic E-state index is -0.646. The zero-order valence-corrected chi connectivity index (χ0v) is 4.57. The van der Waals surface area contributed by atoms with Gasteiger partial charge >= 0.3 is 0 Å². The average molecular weight is 124 g/mol. The van der Waals surface area contributed by atoms with Crippen LogP contribution >= 0.6 is 0 Å². The van der Waals surface area contributed by atoms with Crippen molar-refractivity contribution in [2.24, 2.45) is 0 Å². The molecule has 1 aromatic carbocycles. The third-order valence-electron chi connectivity index (χ3n) is 0.885. The van der Waals surface area contributed by atoms with Gasteiger partial charge in [0.25, 0.3) is 0 Å². The van der Waals surface area contributed by atoms with Crippen molar-refractivity contribution in [2.45, 2.75) is 0 Å². The Morgan fingerprint density at radius 3 is 1.78 bits per heavy atom. The van der Waals surface area contributed by atoms with Gasteiger partial charge < -0.3 is 13.3 Å². The lowest BCUT2D eigenvalue weighted by molar-refractivity contribution is 0.585. The quantitative estimate of drug-likeness (QED) is 0.447. The van der Waals surface area contributed by atoms with Gasteiger partial charge in [-0.1, -0.05) is 12.1 Å². The molecule has 0 amide bonds. The standard InChI is InChI=1S/C6H3BF2/c7-4-1-5(8)3-6(9)2-4/h1-3H/q-1. The molecule has 1 aromatic rings. The molecule has 0 aliphatic rings. The fourth-order valence-corrected chi connectivity index (χ4v) is 0.575. The van der Waals surface area contributed by atoms with Crippen LogP contribution in [0, 0.1) is 11.6 Å². The summed E-state index contributed by atoms with van der Waals surface area (Å²) in [6.45, 7) is 0. The highest BCUT2D eigenvalue weighted by molar-refractivity contribution is 6.32. The van der Waals surface area contributed by atoms with E-state index in [9.17, 15) is 8.78 Å². The highest BCUT2D eigenvalue weighted by atomic mass is 19.1. The molecule has 9 heavy (non-hydrogen) atoms. The lowest BCUT2D eigenvalue weighted by Gasteiger charge is -2.04. The van der Waals surface area contributed by atoms with Crippen molar-refractivity contribution >= 4 is 13.3 Å². The summed E-state index contributed by atoms with van der Waals surface area (Å²) in [5.74, 6) is -1.29. The van der Waals surface area contributed by atoms with Crippen LogP contribution in [0.1, 0.15) is 0 Å². The molecule has 3 heteroatoms. The summed E-state index contributed by atoms with van der Waals surface area (Å²) in [5, 5.41) is 0. The zero-order chi connectivity index (χ0) is 6.85. The van der Waals surface area contributed by atoms with Crippen LogP contribution in [0.2, 0.25) is 0 Å². The summed E-state index contributed by atoms with van der Waals surface area (Å²) in [6.07, 6.45) is 0. The van der Waals surface area contributed by atoms with E-state index in [0.717, 1.165) is 18.2 Å². The molecule has 0 bridgehead atoms. The first-order valence-electron chi connectivity index (χ1n) is 2.40. The van der Waals surface area contributed by atoms with Gasteiger partial charge in [-0.05, 0) is 0 Å². The van der Waals surface area contributed by atoms with Crippen molar-refractivity contribution in [3.05, 3.63) is 29.8 Å². The maximum Gasteiger partial charge on any atom is 0.122 e. The lowest BCUT2D eigenvalue weighted by atomic mass is 9.96. The van der Waals surface area contributed by atoms with Crippen LogP contribution in [0.15, 0.2) is 18.2 Å². The van der Waals surface area contributed by atoms with Crippen LogP contribution in [0.25, 0.3) is 0 Å². The molecule has 3 radical (unpaired) electrons. The SMILES string of the molecule is [B-]c1cc(F)cc(F)c1. The van der Waals surface area contributed by atoms with Gasteiger partial charge in [0.05, 0.1) is 0 Å². The summed E-state index contributed by atoms with van der Waals surface area (Å²) in [4.78, 5) is 0. The number of benzene rings is 1. The van der Waals surface area contributed by atoms with Crippen molar-refractivity contribution in [3.63, 3.8) is 0 Å². The van der Waals surface area contributed by atoms with E-state index in [-0.39, 0.29) is 5.46 Å². The van der Waals surface area contributed by atoms with Crippen molar-refractivity contribution in [1.82, 2.24) is 0 Å². The second-order valence-corrected chi connectivity index (χ2v) is 1.70. The highest BCUT2D eigenvalue weighted by Gasteiger charge is 1.88. The first-order chi connectivity index (χ1) is 4.18. The van der Waals surface area contributed by atoms with Crippen LogP contribution in [0.3, 0.4) is 0 Å². The van der Waals surface area contributed by atoms with Gasteiger partial charge in [0.15, 0.2) is 0 Å². The summed E-state index contributed by atoms with van der Waals surface area (Å²) in [6, 6.07) is 2.89. The predicted octanol–water partition coefficient (Wildman–Crippen LogP) is 0.759. The second-order valence-electron chi connectivity index (χ2n) is 1.70. The molecule has 0 spiro atoms. The van der Waals surface area contributed by atoms with E-state index < -0.39 is 11.6 Å². The molecule has 1 rings (SSSR count). The smallest absolute Gasteiger partial charge is 0.122 e. The third-order valence-corrected chi connectivity index (χ3v) is 0.885. The minimum absolute atomic E-state index is 0.104. The molecule has 0 aliphatic heterocycles. The van der Waals surface area contributed by atoms with Gasteiger partial charge in [0.2, 0.25) is 0 Å². The largest absolute Gasteiger partial charge is 0.580 e. The Hall–Kier alpha value is -0.855. The van der Waals surface area contributed by atoms with Crippen molar-refractivity contribution in [3.8, 4) is 0 Å². The van der Waals surface area contributed by atoms with E-state index in [2.05, 4.69) is 0 Å². The Labute approximate surface area is 52.9 Å². The topological polar surface area (TPSA) is 0 Å². The molecule has 45 valence electrons. The fraction of sp³-hybridized carbons (Fsp3) is 0. The van der Waals surface area contributed by atoms with E-state index >= 15 is 0 Å². The summed E-state index contributed by atoms with van der Waals surface area (Å²) in [7, 11) is 5.08. The number of rotatable bonds is 0. The molecular formula is C6H3BF2-. The van der Waals surface area contributed by atoms with Crippen LogP contribution < -0.4 is 5.46 Å². The Kier molecular flexibility index (Phi) is 1.51. The molecule has 0 nitrogen and oxygen atoms in total. The van der Waals surface area contributed by atoms with Crippen molar-refractivity contribution in [1.29, 1.82) is 0 Å². The maximum absolute atomic E-state index is 12.1. The van der Waals surface area contributed by atoms with E-state index in [1.165, 1.54) is 0 Å². The van der Waals surface area contributed by atoms with Crippen LogP contribution in [0.4, 0.5) is 8.78 Å². The summed E-state index contributed by atoms with van der Waals surface area (Å²) in [5.41, 5.74) is 0.104. The molecule has 0 saturated carbocycles. The molecule has 0 N–H and O–H groups in total. The van der Waals surface area contributed by atoms with Crippen molar-refractivity contribution < 1.29 is 8.78 Å². The Bertz CT molecular complexity index is 172. The molecule has 0 fully saturated rings. The second kappa shape index (κ2) is 2.17. The number of halogens is 2. The van der Waals surface area contributed by atoms with Gasteiger partial charge in [0.1, 0.15) is 11.6 Å². The Morgan fingerprint density at radius 1 is 1.00 bits per heavy atom. The molecule has 0 unspecified atom stereocenters. The average Bonchev–Trinajstić information content (AvgIpc) is 1.59. The predicted molar refractivity (Wildman–Crippen MR) is 31.7 cm³/mol. The first kappa shape index (κ1) is 6.27. The fourth-order valence-electron chi connectivity index (χ4n) is 0.575. The Morgan fingerprint density at radius 2 is 1.44 bits per heavy atom. The zero-order valence-electron chi connectivity index (χ0n) is 4.57. The number of hydrogen-bond acceptors (Lipinski definition) is 0. The van der Waals surface area contributed by atoms with Gasteiger partial charge in [0, 0.05) is 6.07 Å². The molecule has 0 aromatic heterocycles. The van der Waals surface area contributed by atoms with Gasteiger partial charge in [-0.2, -0.15) is 0 Å². The van der Waals surface area contributed by atoms with Crippen LogP contribution in [-0.2, 0) is 0 Å². The maximum atomic E-state index is 12.1. The first-order valence-corrected chi connectivity index (χ1v) is 2.40. The van der Waals surface area contributed by atoms with Gasteiger partial charge in [-0.3, -0.25) is 0 Å². The van der Waals surface area contributed by atoms with Gasteiger partial charge in [-0.15, -0.1) is 0 Å². The molecule has 0 atom stereocenters. The van der Waals surface area contributed by atoms with E-state index in [0.29, 0.717) is 0 Å². The van der Waals surface area contributed by atoms with Crippen molar-refractivity contribution in [2.75, 3.05) is 0 Å². The molecule has 0 saturated heterocycles. The van der Waals surface area contributed by atoms with E-state index in [4.69, 9.17) is 7.85 Å². The molecule has 0 heterocycles. The highest BCUT2D eigenvalue weighted by Crippen LogP contribution is 1.97. The summed E-state index contributed by atoms with van der Waals surface area (Å²) >= 11 is 0. The van der Waals surface area contributed by atoms with Crippen LogP contribution in [-0.4, -0.2) is 7.85 Å². The monoisotopic (exact) mass is 124 g/mol. The molecule has 0 aliphatic carbocycles. The summed E-state index contributed by atoms with van der Waals surface area (Å²) < 4.78 is 24.2. The third kappa shape index (κ3) is 1.52.